The van der Waals surface area contributed by atoms with E-state index in [-0.39, 0.29) is 17.9 Å². The molecule has 132 valence electrons. The predicted octanol–water partition coefficient (Wildman–Crippen LogP) is 3.61. The number of hydrogen-bond acceptors (Lipinski definition) is 2. The van der Waals surface area contributed by atoms with E-state index in [0.29, 0.717) is 6.54 Å². The van der Waals surface area contributed by atoms with Crippen LogP contribution in [0.3, 0.4) is 0 Å². The van der Waals surface area contributed by atoms with E-state index < -0.39 is 11.8 Å². The highest BCUT2D eigenvalue weighted by Crippen LogP contribution is 2.21. The molecule has 0 fully saturated rings. The summed E-state index contributed by atoms with van der Waals surface area (Å²) in [5, 5.41) is 2.74. The van der Waals surface area contributed by atoms with Crippen LogP contribution in [0.5, 0.6) is 0 Å². The van der Waals surface area contributed by atoms with Gasteiger partial charge < -0.3 is 10.2 Å². The minimum Gasteiger partial charge on any atom is -0.341 e. The predicted molar refractivity (Wildman–Crippen MR) is 95.2 cm³/mol. The number of nitrogens with zero attached hydrogens (tertiary/aromatic N) is 1. The van der Waals surface area contributed by atoms with Crippen LogP contribution in [0.2, 0.25) is 0 Å². The van der Waals surface area contributed by atoms with Crippen LogP contribution < -0.4 is 5.32 Å². The van der Waals surface area contributed by atoms with Crippen molar-refractivity contribution in [1.82, 2.24) is 10.2 Å². The first kappa shape index (κ1) is 18.6. The van der Waals surface area contributed by atoms with Crippen LogP contribution >= 0.6 is 0 Å². The van der Waals surface area contributed by atoms with E-state index >= 15 is 0 Å². The zero-order chi connectivity index (χ0) is 18.4. The number of likely N-dealkylation sites (N-methyl/N-ethyl adjacent to an activating group) is 1. The lowest BCUT2D eigenvalue weighted by Crippen LogP contribution is -2.44. The minimum absolute atomic E-state index is 0.266. The number of hydrogen-bond donors (Lipinski definition) is 1. The lowest BCUT2D eigenvalue weighted by Gasteiger charge is -2.28. The summed E-state index contributed by atoms with van der Waals surface area (Å²) in [7, 11) is 0. The maximum absolute atomic E-state index is 13.1. The van der Waals surface area contributed by atoms with Gasteiger partial charge in [0.05, 0.1) is 12.1 Å². The number of benzene rings is 2. The van der Waals surface area contributed by atoms with Crippen LogP contribution in [0.4, 0.5) is 4.39 Å². The second kappa shape index (κ2) is 8.42. The quantitative estimate of drug-likeness (QED) is 0.844. The third-order valence-electron chi connectivity index (χ3n) is 4.26. The van der Waals surface area contributed by atoms with Gasteiger partial charge in [-0.3, -0.25) is 9.59 Å². The summed E-state index contributed by atoms with van der Waals surface area (Å²) in [5.41, 5.74) is 1.71. The van der Waals surface area contributed by atoms with Gasteiger partial charge in [-0.1, -0.05) is 42.5 Å². The third-order valence-corrected chi connectivity index (χ3v) is 4.26. The zero-order valence-electron chi connectivity index (χ0n) is 14.7. The SMILES string of the molecule is CCN(C(=O)C(=O)N[C@@H](C)c1ccccc1)[C@@H](C)c1ccc(F)cc1. The van der Waals surface area contributed by atoms with Crippen LogP contribution in [0.25, 0.3) is 0 Å². The average Bonchev–Trinajstić information content (AvgIpc) is 2.63. The largest absolute Gasteiger partial charge is 0.341 e. The Morgan fingerprint density at radius 3 is 2.16 bits per heavy atom. The smallest absolute Gasteiger partial charge is 0.312 e. The Bertz CT molecular complexity index is 716. The molecule has 25 heavy (non-hydrogen) atoms. The fourth-order valence-corrected chi connectivity index (χ4v) is 2.73. The van der Waals surface area contributed by atoms with Crippen molar-refractivity contribution in [1.29, 1.82) is 0 Å². The number of carbonyl (C=O) groups is 2. The summed E-state index contributed by atoms with van der Waals surface area (Å²) in [6, 6.07) is 14.8. The third kappa shape index (κ3) is 4.66. The molecule has 1 N–H and O–H groups in total. The van der Waals surface area contributed by atoms with Crippen molar-refractivity contribution in [2.45, 2.75) is 32.9 Å². The number of amides is 2. The second-order valence-electron chi connectivity index (χ2n) is 5.92. The molecule has 2 aromatic rings. The summed E-state index contributed by atoms with van der Waals surface area (Å²) in [5.74, 6) is -1.57. The molecule has 0 unspecified atom stereocenters. The Kier molecular flexibility index (Phi) is 6.28. The van der Waals surface area contributed by atoms with E-state index in [1.807, 2.05) is 51.1 Å². The maximum Gasteiger partial charge on any atom is 0.312 e. The molecule has 0 aliphatic rings. The van der Waals surface area contributed by atoms with E-state index in [1.54, 1.807) is 12.1 Å². The van der Waals surface area contributed by atoms with E-state index in [1.165, 1.54) is 17.0 Å². The Morgan fingerprint density at radius 2 is 1.60 bits per heavy atom. The van der Waals surface area contributed by atoms with Gasteiger partial charge in [-0.2, -0.15) is 0 Å². The van der Waals surface area contributed by atoms with Crippen molar-refractivity contribution in [3.63, 3.8) is 0 Å². The number of nitrogens with one attached hydrogen (secondary N) is 1. The lowest BCUT2D eigenvalue weighted by atomic mass is 10.1. The molecule has 2 atom stereocenters. The van der Waals surface area contributed by atoms with Crippen molar-refractivity contribution in [2.24, 2.45) is 0 Å². The summed E-state index contributed by atoms with van der Waals surface area (Å²) in [6.07, 6.45) is 0. The summed E-state index contributed by atoms with van der Waals surface area (Å²) < 4.78 is 13.1. The highest BCUT2D eigenvalue weighted by atomic mass is 19.1. The first-order valence-electron chi connectivity index (χ1n) is 8.36. The van der Waals surface area contributed by atoms with E-state index in [9.17, 15) is 14.0 Å². The van der Waals surface area contributed by atoms with Crippen LogP contribution in [-0.2, 0) is 9.59 Å². The molecule has 0 saturated carbocycles. The first-order chi connectivity index (χ1) is 11.9. The van der Waals surface area contributed by atoms with Crippen molar-refractivity contribution < 1.29 is 14.0 Å². The summed E-state index contributed by atoms with van der Waals surface area (Å²) >= 11 is 0. The van der Waals surface area contributed by atoms with Gasteiger partial charge in [0.15, 0.2) is 0 Å². The molecule has 0 aromatic heterocycles. The summed E-state index contributed by atoms with van der Waals surface area (Å²) in [6.45, 7) is 5.85. The molecule has 0 saturated heterocycles. The van der Waals surface area contributed by atoms with Crippen LogP contribution in [0.15, 0.2) is 54.6 Å². The van der Waals surface area contributed by atoms with Gasteiger partial charge in [0.2, 0.25) is 0 Å². The van der Waals surface area contributed by atoms with E-state index in [4.69, 9.17) is 0 Å². The lowest BCUT2D eigenvalue weighted by molar-refractivity contribution is -0.147. The Morgan fingerprint density at radius 1 is 1.00 bits per heavy atom. The molecule has 5 heteroatoms. The highest BCUT2D eigenvalue weighted by molar-refractivity contribution is 6.35. The summed E-state index contributed by atoms with van der Waals surface area (Å²) in [4.78, 5) is 26.4. The monoisotopic (exact) mass is 342 g/mol. The molecule has 0 radical (unpaired) electrons. The Balaban J connectivity index is 2.07. The molecule has 4 nitrogen and oxygen atoms in total. The van der Waals surface area contributed by atoms with Gasteiger partial charge >= 0.3 is 11.8 Å². The minimum atomic E-state index is -0.646. The van der Waals surface area contributed by atoms with Gasteiger partial charge in [-0.25, -0.2) is 4.39 Å². The molecule has 0 aliphatic heterocycles. The normalized spacial score (nSPS) is 13.0. The standard InChI is InChI=1S/C20H23FN2O2/c1-4-23(15(3)17-10-12-18(21)13-11-17)20(25)19(24)22-14(2)16-8-6-5-7-9-16/h5-15H,4H2,1-3H3,(H,22,24)/t14-,15-/m0/s1. The molecule has 2 aromatic carbocycles. The van der Waals surface area contributed by atoms with Gasteiger partial charge in [0, 0.05) is 6.54 Å². The zero-order valence-corrected chi connectivity index (χ0v) is 14.7. The molecule has 2 amide bonds. The van der Waals surface area contributed by atoms with E-state index in [2.05, 4.69) is 5.32 Å². The molecular weight excluding hydrogens is 319 g/mol. The Labute approximate surface area is 147 Å². The van der Waals surface area contributed by atoms with Crippen molar-refractivity contribution in [3.8, 4) is 0 Å². The average molecular weight is 342 g/mol. The van der Waals surface area contributed by atoms with Crippen LogP contribution in [-0.4, -0.2) is 23.3 Å². The van der Waals surface area contributed by atoms with Gasteiger partial charge in [-0.15, -0.1) is 0 Å². The highest BCUT2D eigenvalue weighted by Gasteiger charge is 2.26. The topological polar surface area (TPSA) is 49.4 Å². The van der Waals surface area contributed by atoms with Gasteiger partial charge in [0.25, 0.3) is 0 Å². The number of rotatable bonds is 5. The van der Waals surface area contributed by atoms with Crippen molar-refractivity contribution in [2.75, 3.05) is 6.54 Å². The van der Waals surface area contributed by atoms with Gasteiger partial charge in [-0.05, 0) is 44.0 Å². The molecule has 0 heterocycles. The Hall–Kier alpha value is -2.69. The van der Waals surface area contributed by atoms with Crippen molar-refractivity contribution in [3.05, 3.63) is 71.5 Å². The van der Waals surface area contributed by atoms with Crippen LogP contribution in [0, 0.1) is 5.82 Å². The van der Waals surface area contributed by atoms with Crippen molar-refractivity contribution >= 4 is 11.8 Å². The van der Waals surface area contributed by atoms with Crippen LogP contribution in [0.1, 0.15) is 44.0 Å². The molecule has 0 spiro atoms. The first-order valence-corrected chi connectivity index (χ1v) is 8.36. The maximum atomic E-state index is 13.1. The molecule has 0 bridgehead atoms. The molecule has 2 rings (SSSR count). The number of halogens is 1. The van der Waals surface area contributed by atoms with Gasteiger partial charge in [0.1, 0.15) is 5.82 Å². The second-order valence-corrected chi connectivity index (χ2v) is 5.92. The fraction of sp³-hybridized carbons (Fsp3) is 0.300. The molecule has 0 aliphatic carbocycles. The van der Waals surface area contributed by atoms with E-state index in [0.717, 1.165) is 11.1 Å². The molecular formula is C20H23FN2O2. The number of carbonyl (C=O) groups excluding carboxylic acids is 2. The fourth-order valence-electron chi connectivity index (χ4n) is 2.73.